The molecule has 2 heterocycles. The number of benzene rings is 1. The topological polar surface area (TPSA) is 56.4 Å². The Morgan fingerprint density at radius 3 is 3.00 bits per heavy atom. The maximum absolute atomic E-state index is 12.0. The number of carbonyl (C=O) groups is 1. The van der Waals surface area contributed by atoms with Crippen LogP contribution in [0.5, 0.6) is 5.75 Å². The number of aromatic nitrogens is 1. The summed E-state index contributed by atoms with van der Waals surface area (Å²) in [5, 5.41) is 3.90. The van der Waals surface area contributed by atoms with Crippen LogP contribution in [-0.2, 0) is 17.9 Å². The molecule has 0 atom stereocenters. The molecule has 1 amide bonds. The highest BCUT2D eigenvalue weighted by molar-refractivity contribution is 5.84. The molecular weight excluding hydrogens is 280 g/mol. The summed E-state index contributed by atoms with van der Waals surface area (Å²) in [6.07, 6.45) is 3.50. The van der Waals surface area contributed by atoms with Gasteiger partial charge in [-0.15, -0.1) is 0 Å². The minimum Gasteiger partial charge on any atom is -0.494 e. The van der Waals surface area contributed by atoms with E-state index in [0.29, 0.717) is 13.2 Å². The Morgan fingerprint density at radius 1 is 1.32 bits per heavy atom. The number of nitrogens with one attached hydrogen (secondary N) is 1. The molecule has 0 fully saturated rings. The SMILES string of the molecule is CCOc1ccc2c(ccn2CC(=O)NCc2ccco2)c1. The van der Waals surface area contributed by atoms with Gasteiger partial charge >= 0.3 is 0 Å². The van der Waals surface area contributed by atoms with Crippen molar-refractivity contribution >= 4 is 16.8 Å². The Labute approximate surface area is 128 Å². The number of nitrogens with zero attached hydrogens (tertiary/aromatic N) is 1. The summed E-state index contributed by atoms with van der Waals surface area (Å²) >= 11 is 0. The van der Waals surface area contributed by atoms with E-state index in [2.05, 4.69) is 5.32 Å². The van der Waals surface area contributed by atoms with Crippen LogP contribution in [0.2, 0.25) is 0 Å². The lowest BCUT2D eigenvalue weighted by atomic mass is 10.2. The summed E-state index contributed by atoms with van der Waals surface area (Å²) in [4.78, 5) is 12.0. The number of fused-ring (bicyclic) bond motifs is 1. The predicted octanol–water partition coefficient (Wildman–Crippen LogP) is 2.95. The first-order valence-corrected chi connectivity index (χ1v) is 7.27. The summed E-state index contributed by atoms with van der Waals surface area (Å²) in [6.45, 7) is 3.28. The van der Waals surface area contributed by atoms with Crippen molar-refractivity contribution < 1.29 is 13.9 Å². The largest absolute Gasteiger partial charge is 0.494 e. The van der Waals surface area contributed by atoms with Gasteiger partial charge in [0, 0.05) is 17.1 Å². The number of hydrogen-bond acceptors (Lipinski definition) is 3. The molecular formula is C17H18N2O3. The summed E-state index contributed by atoms with van der Waals surface area (Å²) in [7, 11) is 0. The van der Waals surface area contributed by atoms with Crippen LogP contribution in [0, 0.1) is 0 Å². The second kappa shape index (κ2) is 6.39. The molecule has 1 N–H and O–H groups in total. The molecule has 3 rings (SSSR count). The fourth-order valence-corrected chi connectivity index (χ4v) is 2.38. The monoisotopic (exact) mass is 298 g/mol. The van der Waals surface area contributed by atoms with Gasteiger partial charge in [0.2, 0.25) is 5.91 Å². The molecule has 22 heavy (non-hydrogen) atoms. The van der Waals surface area contributed by atoms with Gasteiger partial charge in [0.15, 0.2) is 0 Å². The molecule has 0 saturated heterocycles. The Morgan fingerprint density at radius 2 is 2.23 bits per heavy atom. The third kappa shape index (κ3) is 3.14. The maximum atomic E-state index is 12.0. The molecule has 2 aromatic heterocycles. The lowest BCUT2D eigenvalue weighted by Crippen LogP contribution is -2.26. The summed E-state index contributed by atoms with van der Waals surface area (Å²) in [5.74, 6) is 1.53. The fraction of sp³-hybridized carbons (Fsp3) is 0.235. The number of hydrogen-bond donors (Lipinski definition) is 1. The standard InChI is InChI=1S/C17H18N2O3/c1-2-21-14-5-6-16-13(10-14)7-8-19(16)12-17(20)18-11-15-4-3-9-22-15/h3-10H,2,11-12H2,1H3,(H,18,20). The first-order valence-electron chi connectivity index (χ1n) is 7.27. The zero-order chi connectivity index (χ0) is 15.4. The lowest BCUT2D eigenvalue weighted by molar-refractivity contribution is -0.121. The molecule has 0 spiro atoms. The minimum atomic E-state index is -0.0530. The van der Waals surface area contributed by atoms with Gasteiger partial charge in [0.05, 0.1) is 19.4 Å². The highest BCUT2D eigenvalue weighted by Gasteiger charge is 2.07. The lowest BCUT2D eigenvalue weighted by Gasteiger charge is -2.07. The molecule has 0 bridgehead atoms. The summed E-state index contributed by atoms with van der Waals surface area (Å²) in [6, 6.07) is 11.5. The molecule has 0 aliphatic rings. The van der Waals surface area contributed by atoms with Gasteiger partial charge in [-0.1, -0.05) is 0 Å². The van der Waals surface area contributed by atoms with Gasteiger partial charge in [0.25, 0.3) is 0 Å². The first-order chi connectivity index (χ1) is 10.8. The normalized spacial score (nSPS) is 10.8. The van der Waals surface area contributed by atoms with Crippen molar-refractivity contribution in [1.29, 1.82) is 0 Å². The average Bonchev–Trinajstić information content (AvgIpc) is 3.15. The highest BCUT2D eigenvalue weighted by atomic mass is 16.5. The van der Waals surface area contributed by atoms with Crippen molar-refractivity contribution in [3.8, 4) is 5.75 Å². The third-order valence-corrected chi connectivity index (χ3v) is 3.41. The fourth-order valence-electron chi connectivity index (χ4n) is 2.38. The number of amides is 1. The summed E-state index contributed by atoms with van der Waals surface area (Å²) < 4.78 is 12.6. The van der Waals surface area contributed by atoms with E-state index >= 15 is 0 Å². The minimum absolute atomic E-state index is 0.0530. The molecule has 0 aliphatic carbocycles. The van der Waals surface area contributed by atoms with Gasteiger partial charge in [-0.25, -0.2) is 0 Å². The Balaban J connectivity index is 1.67. The second-order valence-corrected chi connectivity index (χ2v) is 4.95. The van der Waals surface area contributed by atoms with E-state index in [1.54, 1.807) is 12.3 Å². The predicted molar refractivity (Wildman–Crippen MR) is 83.7 cm³/mol. The molecule has 5 nitrogen and oxygen atoms in total. The van der Waals surface area contributed by atoms with Crippen molar-refractivity contribution in [3.63, 3.8) is 0 Å². The molecule has 0 unspecified atom stereocenters. The summed E-state index contributed by atoms with van der Waals surface area (Å²) in [5.41, 5.74) is 1.01. The Kier molecular flexibility index (Phi) is 4.14. The van der Waals surface area contributed by atoms with Crippen molar-refractivity contribution in [2.75, 3.05) is 6.61 Å². The Hall–Kier alpha value is -2.69. The van der Waals surface area contributed by atoms with E-state index in [4.69, 9.17) is 9.15 Å². The van der Waals surface area contributed by atoms with Crippen molar-refractivity contribution in [3.05, 3.63) is 54.6 Å². The van der Waals surface area contributed by atoms with Crippen LogP contribution >= 0.6 is 0 Å². The number of furan rings is 1. The number of ether oxygens (including phenoxy) is 1. The van der Waals surface area contributed by atoms with Crippen LogP contribution in [0.25, 0.3) is 10.9 Å². The zero-order valence-corrected chi connectivity index (χ0v) is 12.4. The van der Waals surface area contributed by atoms with Crippen LogP contribution in [-0.4, -0.2) is 17.1 Å². The molecule has 1 aromatic carbocycles. The van der Waals surface area contributed by atoms with Crippen molar-refractivity contribution in [2.24, 2.45) is 0 Å². The zero-order valence-electron chi connectivity index (χ0n) is 12.4. The molecule has 5 heteroatoms. The number of rotatable bonds is 6. The van der Waals surface area contributed by atoms with Gasteiger partial charge in [-0.2, -0.15) is 0 Å². The second-order valence-electron chi connectivity index (χ2n) is 4.95. The van der Waals surface area contributed by atoms with Gasteiger partial charge < -0.3 is 19.0 Å². The van der Waals surface area contributed by atoms with Gasteiger partial charge in [-0.3, -0.25) is 4.79 Å². The van der Waals surface area contributed by atoms with E-state index in [0.717, 1.165) is 22.4 Å². The van der Waals surface area contributed by atoms with Crippen LogP contribution in [0.15, 0.2) is 53.3 Å². The van der Waals surface area contributed by atoms with E-state index in [-0.39, 0.29) is 12.5 Å². The maximum Gasteiger partial charge on any atom is 0.240 e. The Bertz CT molecular complexity index is 759. The molecule has 0 radical (unpaired) electrons. The van der Waals surface area contributed by atoms with Crippen LogP contribution in [0.4, 0.5) is 0 Å². The quantitative estimate of drug-likeness (QED) is 0.761. The molecule has 114 valence electrons. The van der Waals surface area contributed by atoms with Crippen molar-refractivity contribution in [1.82, 2.24) is 9.88 Å². The number of carbonyl (C=O) groups excluding carboxylic acids is 1. The first kappa shape index (κ1) is 14.3. The third-order valence-electron chi connectivity index (χ3n) is 3.41. The van der Waals surface area contributed by atoms with Crippen LogP contribution < -0.4 is 10.1 Å². The van der Waals surface area contributed by atoms with E-state index in [1.807, 2.05) is 48.0 Å². The van der Waals surface area contributed by atoms with E-state index in [1.165, 1.54) is 0 Å². The molecule has 0 aliphatic heterocycles. The van der Waals surface area contributed by atoms with Gasteiger partial charge in [0.1, 0.15) is 18.1 Å². The smallest absolute Gasteiger partial charge is 0.240 e. The van der Waals surface area contributed by atoms with Crippen LogP contribution in [0.1, 0.15) is 12.7 Å². The average molecular weight is 298 g/mol. The van der Waals surface area contributed by atoms with Crippen molar-refractivity contribution in [2.45, 2.75) is 20.0 Å². The highest BCUT2D eigenvalue weighted by Crippen LogP contribution is 2.22. The van der Waals surface area contributed by atoms with E-state index in [9.17, 15) is 4.79 Å². The van der Waals surface area contributed by atoms with Crippen LogP contribution in [0.3, 0.4) is 0 Å². The molecule has 0 saturated carbocycles. The van der Waals surface area contributed by atoms with E-state index < -0.39 is 0 Å². The molecule has 3 aromatic rings. The van der Waals surface area contributed by atoms with Gasteiger partial charge in [-0.05, 0) is 43.3 Å².